The molecule has 5 heteroatoms. The molecule has 2 aromatic rings. The van der Waals surface area contributed by atoms with E-state index in [2.05, 4.69) is 34.3 Å². The first kappa shape index (κ1) is 18.3. The summed E-state index contributed by atoms with van der Waals surface area (Å²) in [5.74, 6) is 0.706. The zero-order chi connectivity index (χ0) is 18.5. The molecule has 0 aliphatic carbocycles. The molecular formula is C21H27N3O2. The Morgan fingerprint density at radius 3 is 2.42 bits per heavy atom. The predicted molar refractivity (Wildman–Crippen MR) is 106 cm³/mol. The smallest absolute Gasteiger partial charge is 0.228 e. The van der Waals surface area contributed by atoms with Crippen LogP contribution in [0, 0.1) is 6.92 Å². The highest BCUT2D eigenvalue weighted by atomic mass is 16.5. The van der Waals surface area contributed by atoms with E-state index >= 15 is 0 Å². The Kier molecular flexibility index (Phi) is 5.78. The summed E-state index contributed by atoms with van der Waals surface area (Å²) in [7, 11) is 3.78. The van der Waals surface area contributed by atoms with Gasteiger partial charge >= 0.3 is 0 Å². The van der Waals surface area contributed by atoms with Gasteiger partial charge in [-0.05, 0) is 44.3 Å². The maximum absolute atomic E-state index is 12.4. The van der Waals surface area contributed by atoms with Crippen LogP contribution >= 0.6 is 0 Å². The number of methoxy groups -OCH3 is 1. The highest BCUT2D eigenvalue weighted by Crippen LogP contribution is 2.22. The van der Waals surface area contributed by atoms with Crippen molar-refractivity contribution in [1.29, 1.82) is 0 Å². The molecule has 1 aliphatic rings. The molecule has 2 aromatic carbocycles. The Morgan fingerprint density at radius 1 is 1.08 bits per heavy atom. The van der Waals surface area contributed by atoms with Gasteiger partial charge in [-0.15, -0.1) is 0 Å². The minimum absolute atomic E-state index is 0.0405. The van der Waals surface area contributed by atoms with Crippen LogP contribution in [0.25, 0.3) is 0 Å². The minimum atomic E-state index is -0.0405. The van der Waals surface area contributed by atoms with Crippen molar-refractivity contribution in [2.24, 2.45) is 0 Å². The quantitative estimate of drug-likeness (QED) is 0.898. The van der Waals surface area contributed by atoms with E-state index in [0.717, 1.165) is 48.7 Å². The van der Waals surface area contributed by atoms with E-state index in [-0.39, 0.29) is 5.91 Å². The molecule has 3 rings (SSSR count). The number of likely N-dealkylation sites (N-methyl/N-ethyl adjacent to an activating group) is 1. The summed E-state index contributed by atoms with van der Waals surface area (Å²) in [5.41, 5.74) is 4.04. The molecular weight excluding hydrogens is 326 g/mol. The number of piperazine rings is 1. The van der Waals surface area contributed by atoms with E-state index in [1.807, 2.05) is 37.3 Å². The van der Waals surface area contributed by atoms with Crippen LogP contribution in [0.15, 0.2) is 42.5 Å². The minimum Gasteiger partial charge on any atom is -0.496 e. The summed E-state index contributed by atoms with van der Waals surface area (Å²) in [5, 5.41) is 2.98. The first-order valence-electron chi connectivity index (χ1n) is 9.02. The van der Waals surface area contributed by atoms with Crippen LogP contribution in [-0.4, -0.2) is 51.1 Å². The van der Waals surface area contributed by atoms with Gasteiger partial charge < -0.3 is 19.9 Å². The lowest BCUT2D eigenvalue weighted by Gasteiger charge is -2.34. The summed E-state index contributed by atoms with van der Waals surface area (Å²) >= 11 is 0. The second kappa shape index (κ2) is 8.23. The van der Waals surface area contributed by atoms with Crippen molar-refractivity contribution < 1.29 is 9.53 Å². The summed E-state index contributed by atoms with van der Waals surface area (Å²) in [6, 6.07) is 14.0. The maximum Gasteiger partial charge on any atom is 0.228 e. The van der Waals surface area contributed by atoms with Gasteiger partial charge in [0.15, 0.2) is 0 Å². The number of carbonyl (C=O) groups is 1. The number of anilines is 2. The molecule has 1 heterocycles. The number of aryl methyl sites for hydroxylation is 1. The van der Waals surface area contributed by atoms with E-state index in [4.69, 9.17) is 4.74 Å². The zero-order valence-corrected chi connectivity index (χ0v) is 15.8. The molecule has 0 radical (unpaired) electrons. The largest absolute Gasteiger partial charge is 0.496 e. The number of hydrogen-bond acceptors (Lipinski definition) is 4. The lowest BCUT2D eigenvalue weighted by atomic mass is 10.1. The Labute approximate surface area is 155 Å². The van der Waals surface area contributed by atoms with E-state index in [0.29, 0.717) is 6.42 Å². The number of nitrogens with zero attached hydrogens (tertiary/aromatic N) is 2. The normalized spacial score (nSPS) is 15.0. The molecule has 5 nitrogen and oxygen atoms in total. The van der Waals surface area contributed by atoms with Crippen LogP contribution in [-0.2, 0) is 11.2 Å². The fraction of sp³-hybridized carbons (Fsp3) is 0.381. The van der Waals surface area contributed by atoms with Gasteiger partial charge in [0.25, 0.3) is 0 Å². The summed E-state index contributed by atoms with van der Waals surface area (Å²) in [6.45, 7) is 6.25. The van der Waals surface area contributed by atoms with Crippen LogP contribution in [0.1, 0.15) is 11.1 Å². The molecule has 0 spiro atoms. The van der Waals surface area contributed by atoms with E-state index in [1.54, 1.807) is 7.11 Å². The molecule has 0 atom stereocenters. The lowest BCUT2D eigenvalue weighted by Crippen LogP contribution is -2.44. The van der Waals surface area contributed by atoms with Crippen molar-refractivity contribution in [3.05, 3.63) is 53.6 Å². The molecule has 1 fully saturated rings. The first-order chi connectivity index (χ1) is 12.5. The van der Waals surface area contributed by atoms with Gasteiger partial charge in [-0.25, -0.2) is 0 Å². The molecule has 1 amide bonds. The topological polar surface area (TPSA) is 44.8 Å². The number of hydrogen-bond donors (Lipinski definition) is 1. The zero-order valence-electron chi connectivity index (χ0n) is 15.8. The molecule has 0 aromatic heterocycles. The Hall–Kier alpha value is -2.53. The van der Waals surface area contributed by atoms with Gasteiger partial charge in [-0.3, -0.25) is 4.79 Å². The summed E-state index contributed by atoms with van der Waals surface area (Å²) in [6.07, 6.45) is 0.297. The molecule has 138 valence electrons. The van der Waals surface area contributed by atoms with Crippen LogP contribution in [0.5, 0.6) is 5.75 Å². The molecule has 1 saturated heterocycles. The van der Waals surface area contributed by atoms with Crippen molar-refractivity contribution in [2.45, 2.75) is 13.3 Å². The van der Waals surface area contributed by atoms with Crippen LogP contribution in [0.2, 0.25) is 0 Å². The number of amides is 1. The standard InChI is InChI=1S/C21H27N3O2/c1-16-4-9-20(26-3)17(14-16)15-21(25)22-18-5-7-19(8-6-18)24-12-10-23(2)11-13-24/h4-9,14H,10-13,15H2,1-3H3,(H,22,25). The number of carbonyl (C=O) groups excluding carboxylic acids is 1. The predicted octanol–water partition coefficient (Wildman–Crippen LogP) is 2.94. The summed E-state index contributed by atoms with van der Waals surface area (Å²) in [4.78, 5) is 17.1. The molecule has 1 aliphatic heterocycles. The second-order valence-corrected chi connectivity index (χ2v) is 6.88. The van der Waals surface area contributed by atoms with E-state index in [1.165, 1.54) is 5.69 Å². The van der Waals surface area contributed by atoms with Gasteiger partial charge in [0.1, 0.15) is 5.75 Å². The van der Waals surface area contributed by atoms with Crippen molar-refractivity contribution in [3.8, 4) is 5.75 Å². The first-order valence-corrected chi connectivity index (χ1v) is 9.02. The Bertz CT molecular complexity index is 750. The molecule has 1 N–H and O–H groups in total. The van der Waals surface area contributed by atoms with Gasteiger partial charge in [0, 0.05) is 43.1 Å². The third-order valence-corrected chi connectivity index (χ3v) is 4.81. The van der Waals surface area contributed by atoms with Gasteiger partial charge in [-0.1, -0.05) is 17.7 Å². The summed E-state index contributed by atoms with van der Waals surface area (Å²) < 4.78 is 5.35. The number of benzene rings is 2. The van der Waals surface area contributed by atoms with E-state index in [9.17, 15) is 4.79 Å². The van der Waals surface area contributed by atoms with Gasteiger partial charge in [0.2, 0.25) is 5.91 Å². The molecule has 0 unspecified atom stereocenters. The highest BCUT2D eigenvalue weighted by Gasteiger charge is 2.14. The van der Waals surface area contributed by atoms with Crippen molar-refractivity contribution in [1.82, 2.24) is 4.90 Å². The fourth-order valence-electron chi connectivity index (χ4n) is 3.24. The van der Waals surface area contributed by atoms with Crippen LogP contribution < -0.4 is 15.0 Å². The van der Waals surface area contributed by atoms with Crippen LogP contribution in [0.3, 0.4) is 0 Å². The Balaban J connectivity index is 1.60. The third-order valence-electron chi connectivity index (χ3n) is 4.81. The SMILES string of the molecule is COc1ccc(C)cc1CC(=O)Nc1ccc(N2CCN(C)CC2)cc1. The average Bonchev–Trinajstić information content (AvgIpc) is 2.63. The molecule has 0 saturated carbocycles. The maximum atomic E-state index is 12.4. The average molecular weight is 353 g/mol. The monoisotopic (exact) mass is 353 g/mol. The number of nitrogens with one attached hydrogen (secondary N) is 1. The van der Waals surface area contributed by atoms with Gasteiger partial charge in [0.05, 0.1) is 13.5 Å². The fourth-order valence-corrected chi connectivity index (χ4v) is 3.24. The third kappa shape index (κ3) is 4.55. The number of rotatable bonds is 5. The molecule has 0 bridgehead atoms. The lowest BCUT2D eigenvalue weighted by molar-refractivity contribution is -0.115. The highest BCUT2D eigenvalue weighted by molar-refractivity contribution is 5.92. The molecule has 26 heavy (non-hydrogen) atoms. The van der Waals surface area contributed by atoms with Crippen molar-refractivity contribution >= 4 is 17.3 Å². The van der Waals surface area contributed by atoms with E-state index < -0.39 is 0 Å². The van der Waals surface area contributed by atoms with Crippen molar-refractivity contribution in [3.63, 3.8) is 0 Å². The number of ether oxygens (including phenoxy) is 1. The van der Waals surface area contributed by atoms with Gasteiger partial charge in [-0.2, -0.15) is 0 Å². The Morgan fingerprint density at radius 2 is 1.77 bits per heavy atom. The second-order valence-electron chi connectivity index (χ2n) is 6.88. The van der Waals surface area contributed by atoms with Crippen molar-refractivity contribution in [2.75, 3.05) is 50.6 Å². The van der Waals surface area contributed by atoms with Crippen LogP contribution in [0.4, 0.5) is 11.4 Å².